The summed E-state index contributed by atoms with van der Waals surface area (Å²) in [5.74, 6) is -0.477. The summed E-state index contributed by atoms with van der Waals surface area (Å²) in [5, 5.41) is 5.71. The van der Waals surface area contributed by atoms with Crippen molar-refractivity contribution in [2.45, 2.75) is 31.7 Å². The van der Waals surface area contributed by atoms with E-state index in [0.29, 0.717) is 48.6 Å². The van der Waals surface area contributed by atoms with E-state index in [2.05, 4.69) is 10.6 Å². The van der Waals surface area contributed by atoms with Gasteiger partial charge in [0.05, 0.1) is 20.8 Å². The van der Waals surface area contributed by atoms with Crippen LogP contribution < -0.4 is 29.9 Å². The molecule has 0 spiro atoms. The third-order valence-electron chi connectivity index (χ3n) is 8.11. The topological polar surface area (TPSA) is 117 Å². The van der Waals surface area contributed by atoms with Crippen molar-refractivity contribution in [3.63, 3.8) is 0 Å². The van der Waals surface area contributed by atoms with Crippen LogP contribution >= 0.6 is 0 Å². The van der Waals surface area contributed by atoms with E-state index in [1.807, 2.05) is 30.3 Å². The molecule has 3 unspecified atom stereocenters. The largest absolute Gasteiger partial charge is 0.497 e. The lowest BCUT2D eigenvalue weighted by atomic mass is 10.0. The Morgan fingerprint density at radius 2 is 1.27 bits per heavy atom. The first-order valence-corrected chi connectivity index (χ1v) is 14.6. The standard InChI is InChI=1S/C34H40N4O6/c1-37(26-12-16-28(43-3)17-13-26)31(39)22-35-32(40)24-10-11-25(21-24)33(41)36-30(20-23-8-6-5-7-9-23)34(42)38(2)27-14-18-29(44-4)19-15-27/h5-9,12-19,24-25,30H,10-11,20-22H2,1-4H3,(H,35,40)(H,36,41). The second kappa shape index (κ2) is 15.0. The molecule has 0 bridgehead atoms. The number of carbonyl (C=O) groups is 4. The van der Waals surface area contributed by atoms with Crippen LogP contribution in [0, 0.1) is 11.8 Å². The first-order valence-electron chi connectivity index (χ1n) is 14.6. The molecule has 4 rings (SSSR count). The van der Waals surface area contributed by atoms with Crippen LogP contribution in [0.4, 0.5) is 11.4 Å². The van der Waals surface area contributed by atoms with Gasteiger partial charge in [0.1, 0.15) is 17.5 Å². The Bertz CT molecular complexity index is 1430. The van der Waals surface area contributed by atoms with Gasteiger partial charge in [-0.05, 0) is 73.4 Å². The highest BCUT2D eigenvalue weighted by molar-refractivity contribution is 5.99. The zero-order valence-electron chi connectivity index (χ0n) is 25.6. The van der Waals surface area contributed by atoms with Gasteiger partial charge >= 0.3 is 0 Å². The number of anilines is 2. The molecule has 0 aliphatic heterocycles. The number of likely N-dealkylation sites (N-methyl/N-ethyl adjacent to an activating group) is 2. The van der Waals surface area contributed by atoms with Gasteiger partial charge in [-0.25, -0.2) is 0 Å². The van der Waals surface area contributed by atoms with Crippen molar-refractivity contribution in [1.29, 1.82) is 0 Å². The maximum Gasteiger partial charge on any atom is 0.249 e. The molecule has 1 aliphatic carbocycles. The summed E-state index contributed by atoms with van der Waals surface area (Å²) < 4.78 is 10.4. The Kier molecular flexibility index (Phi) is 11.0. The fourth-order valence-electron chi connectivity index (χ4n) is 5.34. The van der Waals surface area contributed by atoms with Crippen molar-refractivity contribution < 1.29 is 28.7 Å². The Labute approximate surface area is 258 Å². The molecule has 4 amide bonds. The maximum absolute atomic E-state index is 13.6. The van der Waals surface area contributed by atoms with Crippen LogP contribution in [0.5, 0.6) is 11.5 Å². The molecule has 1 fully saturated rings. The van der Waals surface area contributed by atoms with Crippen LogP contribution in [0.1, 0.15) is 24.8 Å². The number of benzene rings is 3. The smallest absolute Gasteiger partial charge is 0.249 e. The first kappa shape index (κ1) is 32.1. The minimum atomic E-state index is -0.795. The summed E-state index contributed by atoms with van der Waals surface area (Å²) in [7, 11) is 6.47. The second-order valence-corrected chi connectivity index (χ2v) is 10.9. The SMILES string of the molecule is COc1ccc(N(C)C(=O)CNC(=O)C2CCC(C(=O)NC(Cc3ccccc3)C(=O)N(C)c3ccc(OC)cc3)C2)cc1. The van der Waals surface area contributed by atoms with Crippen molar-refractivity contribution in [3.05, 3.63) is 84.4 Å². The number of ether oxygens (including phenoxy) is 2. The van der Waals surface area contributed by atoms with Crippen molar-refractivity contribution in [2.75, 3.05) is 44.7 Å². The summed E-state index contributed by atoms with van der Waals surface area (Å²) in [4.78, 5) is 55.7. The van der Waals surface area contributed by atoms with Gasteiger partial charge in [-0.2, -0.15) is 0 Å². The van der Waals surface area contributed by atoms with E-state index < -0.39 is 17.9 Å². The molecule has 1 aliphatic rings. The summed E-state index contributed by atoms with van der Waals surface area (Å²) in [6, 6.07) is 22.9. The van der Waals surface area contributed by atoms with Crippen molar-refractivity contribution >= 4 is 35.0 Å². The Morgan fingerprint density at radius 1 is 0.750 bits per heavy atom. The van der Waals surface area contributed by atoms with E-state index in [1.165, 1.54) is 9.80 Å². The molecule has 0 saturated heterocycles. The molecule has 1 saturated carbocycles. The molecule has 44 heavy (non-hydrogen) atoms. The Morgan fingerprint density at radius 3 is 1.82 bits per heavy atom. The van der Waals surface area contributed by atoms with Crippen LogP contribution in [0.25, 0.3) is 0 Å². The van der Waals surface area contributed by atoms with E-state index in [4.69, 9.17) is 9.47 Å². The van der Waals surface area contributed by atoms with Crippen LogP contribution in [-0.2, 0) is 25.6 Å². The van der Waals surface area contributed by atoms with E-state index >= 15 is 0 Å². The second-order valence-electron chi connectivity index (χ2n) is 10.9. The molecule has 2 N–H and O–H groups in total. The van der Waals surface area contributed by atoms with E-state index in [-0.39, 0.29) is 30.2 Å². The highest BCUT2D eigenvalue weighted by Gasteiger charge is 2.36. The normalized spacial score (nSPS) is 16.4. The lowest BCUT2D eigenvalue weighted by Crippen LogP contribution is -2.50. The molecule has 3 atom stereocenters. The molecule has 0 radical (unpaired) electrons. The van der Waals surface area contributed by atoms with Gasteiger partial charge in [0.15, 0.2) is 0 Å². The highest BCUT2D eigenvalue weighted by atomic mass is 16.5. The first-order chi connectivity index (χ1) is 21.2. The van der Waals surface area contributed by atoms with Crippen LogP contribution in [0.2, 0.25) is 0 Å². The van der Waals surface area contributed by atoms with Crippen LogP contribution in [0.3, 0.4) is 0 Å². The highest BCUT2D eigenvalue weighted by Crippen LogP contribution is 2.31. The number of methoxy groups -OCH3 is 2. The molecular formula is C34H40N4O6. The predicted octanol–water partition coefficient (Wildman–Crippen LogP) is 3.59. The zero-order valence-corrected chi connectivity index (χ0v) is 25.6. The number of carbonyl (C=O) groups excluding carboxylic acids is 4. The van der Waals surface area contributed by atoms with Gasteiger partial charge in [0.2, 0.25) is 23.6 Å². The van der Waals surface area contributed by atoms with E-state index in [1.54, 1.807) is 76.8 Å². The molecule has 10 heteroatoms. The molecule has 3 aromatic carbocycles. The monoisotopic (exact) mass is 600 g/mol. The number of nitrogens with one attached hydrogen (secondary N) is 2. The zero-order chi connectivity index (χ0) is 31.6. The van der Waals surface area contributed by atoms with Crippen molar-refractivity contribution in [2.24, 2.45) is 11.8 Å². The fourth-order valence-corrected chi connectivity index (χ4v) is 5.34. The number of amides is 4. The molecule has 0 aromatic heterocycles. The lowest BCUT2D eigenvalue weighted by Gasteiger charge is -2.26. The van der Waals surface area contributed by atoms with E-state index in [9.17, 15) is 19.2 Å². The van der Waals surface area contributed by atoms with Crippen LogP contribution in [0.15, 0.2) is 78.9 Å². The van der Waals surface area contributed by atoms with Crippen LogP contribution in [-0.4, -0.2) is 64.5 Å². The molecule has 232 valence electrons. The summed E-state index contributed by atoms with van der Waals surface area (Å²) >= 11 is 0. The van der Waals surface area contributed by atoms with Gasteiger partial charge in [-0.15, -0.1) is 0 Å². The van der Waals surface area contributed by atoms with Gasteiger partial charge in [0.25, 0.3) is 0 Å². The molecule has 10 nitrogen and oxygen atoms in total. The molecule has 3 aromatic rings. The third-order valence-corrected chi connectivity index (χ3v) is 8.11. The van der Waals surface area contributed by atoms with Gasteiger partial charge in [-0.3, -0.25) is 19.2 Å². The Hall–Kier alpha value is -4.86. The number of hydrogen-bond acceptors (Lipinski definition) is 6. The summed E-state index contributed by atoms with van der Waals surface area (Å²) in [5.41, 5.74) is 2.27. The average molecular weight is 601 g/mol. The number of nitrogens with zero attached hydrogens (tertiary/aromatic N) is 2. The quantitative estimate of drug-likeness (QED) is 0.328. The minimum Gasteiger partial charge on any atom is -0.497 e. The van der Waals surface area contributed by atoms with Gasteiger partial charge in [0, 0.05) is 43.7 Å². The summed E-state index contributed by atoms with van der Waals surface area (Å²) in [6.07, 6.45) is 1.72. The minimum absolute atomic E-state index is 0.153. The lowest BCUT2D eigenvalue weighted by molar-refractivity contribution is -0.130. The average Bonchev–Trinajstić information content (AvgIpc) is 3.57. The third kappa shape index (κ3) is 8.15. The Balaban J connectivity index is 1.34. The maximum atomic E-state index is 13.6. The molecular weight excluding hydrogens is 560 g/mol. The fraction of sp³-hybridized carbons (Fsp3) is 0.353. The van der Waals surface area contributed by atoms with Crippen molar-refractivity contribution in [1.82, 2.24) is 10.6 Å². The number of rotatable bonds is 12. The molecule has 0 heterocycles. The predicted molar refractivity (Wildman–Crippen MR) is 169 cm³/mol. The van der Waals surface area contributed by atoms with Gasteiger partial charge in [-0.1, -0.05) is 30.3 Å². The summed E-state index contributed by atoms with van der Waals surface area (Å²) in [6.45, 7) is -0.153. The number of hydrogen-bond donors (Lipinski definition) is 2. The van der Waals surface area contributed by atoms with Crippen molar-refractivity contribution in [3.8, 4) is 11.5 Å². The van der Waals surface area contributed by atoms with E-state index in [0.717, 1.165) is 5.56 Å². The van der Waals surface area contributed by atoms with Gasteiger partial charge < -0.3 is 29.9 Å².